The van der Waals surface area contributed by atoms with E-state index in [1.807, 2.05) is 11.4 Å². The van der Waals surface area contributed by atoms with Crippen molar-refractivity contribution < 1.29 is 9.53 Å². The van der Waals surface area contributed by atoms with Gasteiger partial charge in [0.25, 0.3) is 0 Å². The molecule has 0 aliphatic carbocycles. The van der Waals surface area contributed by atoms with Crippen LogP contribution in [0.4, 0.5) is 0 Å². The van der Waals surface area contributed by atoms with E-state index in [1.54, 1.807) is 11.3 Å². The molecular formula is C9H6BrNO2S2. The molecular weight excluding hydrogens is 298 g/mol. The lowest BCUT2D eigenvalue weighted by atomic mass is 10.5. The molecule has 0 atom stereocenters. The maximum Gasteiger partial charge on any atom is 0.349 e. The van der Waals surface area contributed by atoms with Gasteiger partial charge in [-0.1, -0.05) is 0 Å². The molecule has 0 spiro atoms. The van der Waals surface area contributed by atoms with Crippen molar-refractivity contribution in [1.29, 1.82) is 0 Å². The lowest BCUT2D eigenvalue weighted by molar-refractivity contribution is 0.0606. The van der Waals surface area contributed by atoms with Crippen molar-refractivity contribution in [2.45, 2.75) is 0 Å². The van der Waals surface area contributed by atoms with Crippen molar-refractivity contribution in [1.82, 2.24) is 4.98 Å². The van der Waals surface area contributed by atoms with E-state index >= 15 is 0 Å². The minimum absolute atomic E-state index is 0.341. The summed E-state index contributed by atoms with van der Waals surface area (Å²) in [7, 11) is 1.36. The average molecular weight is 304 g/mol. The molecule has 0 unspecified atom stereocenters. The minimum Gasteiger partial charge on any atom is -0.465 e. The van der Waals surface area contributed by atoms with Crippen LogP contribution in [0.15, 0.2) is 22.1 Å². The topological polar surface area (TPSA) is 39.2 Å². The standard InChI is InChI=1S/C9H6BrNO2S2/c1-13-9(12)6-4-11-8(15-6)7-5(10)2-3-14-7/h2-4H,1H3. The summed E-state index contributed by atoms with van der Waals surface area (Å²) in [6.07, 6.45) is 1.54. The number of ether oxygens (including phenoxy) is 1. The monoisotopic (exact) mass is 303 g/mol. The zero-order chi connectivity index (χ0) is 10.8. The van der Waals surface area contributed by atoms with Crippen LogP contribution in [0, 0.1) is 0 Å². The van der Waals surface area contributed by atoms with Crippen molar-refractivity contribution in [3.63, 3.8) is 0 Å². The Morgan fingerprint density at radius 2 is 2.40 bits per heavy atom. The third kappa shape index (κ3) is 2.11. The number of methoxy groups -OCH3 is 1. The fraction of sp³-hybridized carbons (Fsp3) is 0.111. The second kappa shape index (κ2) is 4.42. The Hall–Kier alpha value is -0.720. The van der Waals surface area contributed by atoms with Crippen LogP contribution in [-0.2, 0) is 4.74 Å². The maximum absolute atomic E-state index is 11.2. The molecule has 15 heavy (non-hydrogen) atoms. The van der Waals surface area contributed by atoms with E-state index in [4.69, 9.17) is 0 Å². The van der Waals surface area contributed by atoms with Gasteiger partial charge in [-0.15, -0.1) is 22.7 Å². The Balaban J connectivity index is 2.36. The highest BCUT2D eigenvalue weighted by atomic mass is 79.9. The molecule has 0 aromatic carbocycles. The second-order valence-electron chi connectivity index (χ2n) is 2.62. The van der Waals surface area contributed by atoms with E-state index in [1.165, 1.54) is 24.6 Å². The first-order chi connectivity index (χ1) is 7.22. The van der Waals surface area contributed by atoms with E-state index in [0.717, 1.165) is 14.4 Å². The smallest absolute Gasteiger partial charge is 0.349 e. The summed E-state index contributed by atoms with van der Waals surface area (Å²) >= 11 is 6.34. The van der Waals surface area contributed by atoms with Gasteiger partial charge in [-0.05, 0) is 27.4 Å². The quantitative estimate of drug-likeness (QED) is 0.798. The zero-order valence-corrected chi connectivity index (χ0v) is 10.9. The predicted octanol–water partition coefficient (Wildman–Crippen LogP) is 3.42. The summed E-state index contributed by atoms with van der Waals surface area (Å²) in [6.45, 7) is 0. The molecule has 3 nitrogen and oxygen atoms in total. The number of halogens is 1. The maximum atomic E-state index is 11.2. The van der Waals surface area contributed by atoms with Gasteiger partial charge in [0.1, 0.15) is 9.88 Å². The molecule has 0 N–H and O–H groups in total. The highest BCUT2D eigenvalue weighted by Gasteiger charge is 2.14. The third-order valence-electron chi connectivity index (χ3n) is 1.70. The van der Waals surface area contributed by atoms with Crippen molar-refractivity contribution in [3.8, 4) is 9.88 Å². The number of thiophene rings is 1. The first kappa shape index (κ1) is 10.8. The number of carbonyl (C=O) groups is 1. The van der Waals surface area contributed by atoms with Gasteiger partial charge in [0, 0.05) is 4.47 Å². The summed E-state index contributed by atoms with van der Waals surface area (Å²) in [5.41, 5.74) is 0. The number of esters is 1. The highest BCUT2D eigenvalue weighted by molar-refractivity contribution is 9.10. The average Bonchev–Trinajstić information content (AvgIpc) is 2.84. The molecule has 6 heteroatoms. The van der Waals surface area contributed by atoms with Gasteiger partial charge in [0.05, 0.1) is 18.2 Å². The predicted molar refractivity (Wildman–Crippen MR) is 64.5 cm³/mol. The summed E-state index contributed by atoms with van der Waals surface area (Å²) in [5, 5.41) is 2.80. The number of aromatic nitrogens is 1. The number of hydrogen-bond acceptors (Lipinski definition) is 5. The molecule has 0 bridgehead atoms. The van der Waals surface area contributed by atoms with Gasteiger partial charge in [0.15, 0.2) is 0 Å². The van der Waals surface area contributed by atoms with Crippen molar-refractivity contribution in [3.05, 3.63) is 27.0 Å². The van der Waals surface area contributed by atoms with Gasteiger partial charge in [-0.2, -0.15) is 0 Å². The second-order valence-corrected chi connectivity index (χ2v) is 5.42. The lowest BCUT2D eigenvalue weighted by Crippen LogP contribution is -1.96. The Kier molecular flexibility index (Phi) is 3.18. The largest absolute Gasteiger partial charge is 0.465 e. The van der Waals surface area contributed by atoms with Gasteiger partial charge < -0.3 is 4.74 Å². The third-order valence-corrected chi connectivity index (χ3v) is 4.67. The molecule has 2 heterocycles. The number of carbonyl (C=O) groups excluding carboxylic acids is 1. The number of rotatable bonds is 2. The van der Waals surface area contributed by atoms with Crippen molar-refractivity contribution >= 4 is 44.6 Å². The van der Waals surface area contributed by atoms with E-state index < -0.39 is 0 Å². The normalized spacial score (nSPS) is 10.3. The first-order valence-corrected chi connectivity index (χ1v) is 6.49. The lowest BCUT2D eigenvalue weighted by Gasteiger charge is -1.91. The fourth-order valence-corrected chi connectivity index (χ4v) is 3.66. The van der Waals surface area contributed by atoms with Crippen molar-refractivity contribution in [2.75, 3.05) is 7.11 Å². The summed E-state index contributed by atoms with van der Waals surface area (Å²) < 4.78 is 5.62. The van der Waals surface area contributed by atoms with Gasteiger partial charge in [0.2, 0.25) is 0 Å². The number of thiazole rings is 1. The summed E-state index contributed by atoms with van der Waals surface area (Å²) in [5.74, 6) is -0.341. The number of hydrogen-bond donors (Lipinski definition) is 0. The van der Waals surface area contributed by atoms with Gasteiger partial charge >= 0.3 is 5.97 Å². The van der Waals surface area contributed by atoms with Crippen LogP contribution in [0.1, 0.15) is 9.67 Å². The van der Waals surface area contributed by atoms with Gasteiger partial charge in [-0.3, -0.25) is 0 Å². The molecule has 2 rings (SSSR count). The van der Waals surface area contributed by atoms with Crippen LogP contribution in [0.2, 0.25) is 0 Å². The van der Waals surface area contributed by atoms with E-state index in [-0.39, 0.29) is 5.97 Å². The first-order valence-electron chi connectivity index (χ1n) is 4.00. The fourth-order valence-electron chi connectivity index (χ4n) is 1.02. The van der Waals surface area contributed by atoms with Crippen LogP contribution in [0.3, 0.4) is 0 Å². The number of nitrogens with zero attached hydrogens (tertiary/aromatic N) is 1. The Bertz CT molecular complexity index is 492. The Labute approximate surface area is 103 Å². The molecule has 0 saturated carbocycles. The zero-order valence-electron chi connectivity index (χ0n) is 7.69. The molecule has 0 amide bonds. The summed E-state index contributed by atoms with van der Waals surface area (Å²) in [4.78, 5) is 17.0. The Morgan fingerprint density at radius 3 is 3.00 bits per heavy atom. The molecule has 0 aliphatic rings. The van der Waals surface area contributed by atoms with Gasteiger partial charge in [-0.25, -0.2) is 9.78 Å². The Morgan fingerprint density at radius 1 is 1.60 bits per heavy atom. The van der Waals surface area contributed by atoms with Crippen LogP contribution in [-0.4, -0.2) is 18.1 Å². The molecule has 2 aromatic heterocycles. The van der Waals surface area contributed by atoms with Crippen molar-refractivity contribution in [2.24, 2.45) is 0 Å². The molecule has 0 radical (unpaired) electrons. The SMILES string of the molecule is COC(=O)c1cnc(-c2sccc2Br)s1. The van der Waals surface area contributed by atoms with Crippen LogP contribution >= 0.6 is 38.6 Å². The molecule has 0 aliphatic heterocycles. The van der Waals surface area contributed by atoms with Crippen LogP contribution in [0.5, 0.6) is 0 Å². The van der Waals surface area contributed by atoms with E-state index in [2.05, 4.69) is 25.7 Å². The highest BCUT2D eigenvalue weighted by Crippen LogP contribution is 2.35. The molecule has 2 aromatic rings. The molecule has 78 valence electrons. The molecule has 0 fully saturated rings. The molecule has 0 saturated heterocycles. The van der Waals surface area contributed by atoms with Crippen LogP contribution in [0.25, 0.3) is 9.88 Å². The summed E-state index contributed by atoms with van der Waals surface area (Å²) in [6, 6.07) is 1.96. The van der Waals surface area contributed by atoms with Crippen LogP contribution < -0.4 is 0 Å². The van der Waals surface area contributed by atoms with E-state index in [0.29, 0.717) is 4.88 Å². The minimum atomic E-state index is -0.341. The van der Waals surface area contributed by atoms with E-state index in [9.17, 15) is 4.79 Å².